The van der Waals surface area contributed by atoms with E-state index in [-0.39, 0.29) is 23.7 Å². The van der Waals surface area contributed by atoms with Crippen LogP contribution in [0, 0.1) is 0 Å². The summed E-state index contributed by atoms with van der Waals surface area (Å²) in [5.74, 6) is 0.656. The summed E-state index contributed by atoms with van der Waals surface area (Å²) in [5, 5.41) is 2.84. The van der Waals surface area contributed by atoms with Gasteiger partial charge >= 0.3 is 0 Å². The van der Waals surface area contributed by atoms with Crippen LogP contribution in [0.25, 0.3) is 0 Å². The van der Waals surface area contributed by atoms with E-state index in [1.807, 2.05) is 19.1 Å². The van der Waals surface area contributed by atoms with Gasteiger partial charge < -0.3 is 10.1 Å². The lowest BCUT2D eigenvalue weighted by atomic mass is 9.97. The van der Waals surface area contributed by atoms with Crippen molar-refractivity contribution in [1.29, 1.82) is 0 Å². The van der Waals surface area contributed by atoms with Crippen LogP contribution in [-0.2, 0) is 0 Å². The van der Waals surface area contributed by atoms with Crippen LogP contribution < -0.4 is 10.1 Å². The summed E-state index contributed by atoms with van der Waals surface area (Å²) >= 11 is 0. The van der Waals surface area contributed by atoms with Crippen molar-refractivity contribution in [2.45, 2.75) is 32.8 Å². The first-order valence-corrected chi connectivity index (χ1v) is 7.69. The Morgan fingerprint density at radius 2 is 1.83 bits per heavy atom. The zero-order valence-electron chi connectivity index (χ0n) is 13.4. The molecular formula is C19H19NO3. The van der Waals surface area contributed by atoms with Gasteiger partial charge in [0.15, 0.2) is 5.78 Å². The van der Waals surface area contributed by atoms with E-state index in [1.54, 1.807) is 30.3 Å². The number of hydrogen-bond acceptors (Lipinski definition) is 3. The number of anilines is 1. The molecule has 2 unspecified atom stereocenters. The minimum Gasteiger partial charge on any atom is -0.489 e. The monoisotopic (exact) mass is 309 g/mol. The number of rotatable bonds is 3. The van der Waals surface area contributed by atoms with Gasteiger partial charge in [-0.05, 0) is 32.0 Å². The molecule has 1 aliphatic heterocycles. The fourth-order valence-corrected chi connectivity index (χ4v) is 2.78. The molecule has 0 saturated heterocycles. The minimum absolute atomic E-state index is 0.0346. The van der Waals surface area contributed by atoms with Crippen molar-refractivity contribution in [1.82, 2.24) is 0 Å². The number of amides is 1. The number of Topliss-reactive ketones (excluding diaryl/α,β-unsaturated/α-hetero) is 1. The van der Waals surface area contributed by atoms with Crippen LogP contribution in [0.3, 0.4) is 0 Å². The Balaban J connectivity index is 1.88. The largest absolute Gasteiger partial charge is 0.489 e. The molecule has 2 aromatic rings. The first kappa shape index (κ1) is 15.3. The minimum atomic E-state index is -0.233. The molecule has 1 heterocycles. The Morgan fingerprint density at radius 1 is 1.09 bits per heavy atom. The lowest BCUT2D eigenvalue weighted by Gasteiger charge is -2.10. The third-order valence-corrected chi connectivity index (χ3v) is 4.32. The highest BCUT2D eigenvalue weighted by Gasteiger charge is 2.31. The second-order valence-corrected chi connectivity index (χ2v) is 5.93. The molecule has 118 valence electrons. The van der Waals surface area contributed by atoms with Gasteiger partial charge in [0.25, 0.3) is 5.91 Å². The topological polar surface area (TPSA) is 55.4 Å². The molecule has 0 spiro atoms. The van der Waals surface area contributed by atoms with Crippen LogP contribution in [0.15, 0.2) is 42.5 Å². The lowest BCUT2D eigenvalue weighted by Crippen LogP contribution is -2.14. The lowest BCUT2D eigenvalue weighted by molar-refractivity contribution is 0.100. The summed E-state index contributed by atoms with van der Waals surface area (Å²) in [6.45, 7) is 5.60. The van der Waals surface area contributed by atoms with Crippen molar-refractivity contribution in [3.05, 3.63) is 59.2 Å². The van der Waals surface area contributed by atoms with Crippen molar-refractivity contribution >= 4 is 17.4 Å². The quantitative estimate of drug-likeness (QED) is 0.871. The van der Waals surface area contributed by atoms with Gasteiger partial charge in [-0.2, -0.15) is 0 Å². The second kappa shape index (κ2) is 5.88. The van der Waals surface area contributed by atoms with Gasteiger partial charge in [0.05, 0.1) is 5.56 Å². The van der Waals surface area contributed by atoms with Crippen LogP contribution in [0.5, 0.6) is 5.75 Å². The maximum atomic E-state index is 12.6. The molecule has 2 aromatic carbocycles. The molecule has 0 bridgehead atoms. The third-order valence-electron chi connectivity index (χ3n) is 4.32. The van der Waals surface area contributed by atoms with Gasteiger partial charge in [-0.25, -0.2) is 0 Å². The smallest absolute Gasteiger partial charge is 0.259 e. The average Bonchev–Trinajstić information content (AvgIpc) is 2.82. The number of ketones is 1. The molecule has 0 fully saturated rings. The summed E-state index contributed by atoms with van der Waals surface area (Å²) in [6.07, 6.45) is 0.0555. The number of para-hydroxylation sites is 1. The van der Waals surface area contributed by atoms with Gasteiger partial charge in [0, 0.05) is 22.7 Å². The van der Waals surface area contributed by atoms with Gasteiger partial charge in [-0.1, -0.05) is 31.2 Å². The summed E-state index contributed by atoms with van der Waals surface area (Å²) in [7, 11) is 0. The number of carbonyl (C=O) groups excluding carboxylic acids is 2. The molecule has 4 nitrogen and oxygen atoms in total. The summed E-state index contributed by atoms with van der Waals surface area (Å²) < 4.78 is 5.86. The molecule has 0 aromatic heterocycles. The second-order valence-electron chi connectivity index (χ2n) is 5.93. The molecule has 0 radical (unpaired) electrons. The van der Waals surface area contributed by atoms with Crippen molar-refractivity contribution in [2.75, 3.05) is 5.32 Å². The number of carbonyl (C=O) groups is 2. The molecule has 0 saturated carbocycles. The number of benzene rings is 2. The molecule has 1 amide bonds. The molecule has 1 aliphatic rings. The Bertz CT molecular complexity index is 782. The van der Waals surface area contributed by atoms with E-state index in [9.17, 15) is 9.59 Å². The standard InChI is InChI=1S/C19H19NO3/c1-11-13(3)23-18-16(11)8-5-9-17(18)19(22)20-15-7-4-6-14(10-15)12(2)21/h4-11,13H,1-3H3,(H,20,22). The average molecular weight is 309 g/mol. The Morgan fingerprint density at radius 3 is 2.57 bits per heavy atom. The first-order valence-electron chi connectivity index (χ1n) is 7.69. The summed E-state index contributed by atoms with van der Waals surface area (Å²) in [5.41, 5.74) is 2.74. The van der Waals surface area contributed by atoms with Crippen LogP contribution >= 0.6 is 0 Å². The van der Waals surface area contributed by atoms with Gasteiger partial charge in [0.1, 0.15) is 11.9 Å². The Labute approximate surface area is 135 Å². The third kappa shape index (κ3) is 2.84. The van der Waals surface area contributed by atoms with E-state index in [0.29, 0.717) is 22.6 Å². The van der Waals surface area contributed by atoms with Crippen LogP contribution in [-0.4, -0.2) is 17.8 Å². The maximum Gasteiger partial charge on any atom is 0.259 e. The fourth-order valence-electron chi connectivity index (χ4n) is 2.78. The number of fused-ring (bicyclic) bond motifs is 1. The van der Waals surface area contributed by atoms with Crippen LogP contribution in [0.1, 0.15) is 53.0 Å². The molecule has 1 N–H and O–H groups in total. The van der Waals surface area contributed by atoms with Crippen LogP contribution in [0.4, 0.5) is 5.69 Å². The predicted octanol–water partition coefficient (Wildman–Crippen LogP) is 4.03. The number of ether oxygens (including phenoxy) is 1. The maximum absolute atomic E-state index is 12.6. The van der Waals surface area contributed by atoms with Crippen LogP contribution in [0.2, 0.25) is 0 Å². The van der Waals surface area contributed by atoms with E-state index in [4.69, 9.17) is 4.74 Å². The molecule has 2 atom stereocenters. The van der Waals surface area contributed by atoms with Gasteiger partial charge in [-0.3, -0.25) is 9.59 Å². The Kier molecular flexibility index (Phi) is 3.90. The fraction of sp³-hybridized carbons (Fsp3) is 0.263. The van der Waals surface area contributed by atoms with Gasteiger partial charge in [0.2, 0.25) is 0 Å². The zero-order valence-corrected chi connectivity index (χ0v) is 13.4. The molecule has 0 aliphatic carbocycles. The summed E-state index contributed by atoms with van der Waals surface area (Å²) in [4.78, 5) is 24.0. The van der Waals surface area contributed by atoms with Crippen molar-refractivity contribution in [3.63, 3.8) is 0 Å². The van der Waals surface area contributed by atoms with E-state index < -0.39 is 0 Å². The number of nitrogens with one attached hydrogen (secondary N) is 1. The zero-order chi connectivity index (χ0) is 16.6. The first-order chi connectivity index (χ1) is 11.0. The highest BCUT2D eigenvalue weighted by molar-refractivity contribution is 6.07. The van der Waals surface area contributed by atoms with Crippen molar-refractivity contribution in [3.8, 4) is 5.75 Å². The highest BCUT2D eigenvalue weighted by Crippen LogP contribution is 2.40. The van der Waals surface area contributed by atoms with Gasteiger partial charge in [-0.15, -0.1) is 0 Å². The Hall–Kier alpha value is -2.62. The SMILES string of the molecule is CC(=O)c1cccc(NC(=O)c2cccc3c2OC(C)C3C)c1. The molecule has 4 heteroatoms. The van der Waals surface area contributed by atoms with E-state index >= 15 is 0 Å². The predicted molar refractivity (Wildman–Crippen MR) is 89.3 cm³/mol. The van der Waals surface area contributed by atoms with E-state index in [0.717, 1.165) is 5.56 Å². The number of hydrogen-bond donors (Lipinski definition) is 1. The normalized spacial score (nSPS) is 18.9. The van der Waals surface area contributed by atoms with Crippen molar-refractivity contribution < 1.29 is 14.3 Å². The molecular weight excluding hydrogens is 290 g/mol. The van der Waals surface area contributed by atoms with Crippen molar-refractivity contribution in [2.24, 2.45) is 0 Å². The van der Waals surface area contributed by atoms with E-state index in [1.165, 1.54) is 6.92 Å². The highest BCUT2D eigenvalue weighted by atomic mass is 16.5. The molecule has 3 rings (SSSR count). The molecule has 23 heavy (non-hydrogen) atoms. The summed E-state index contributed by atoms with van der Waals surface area (Å²) in [6, 6.07) is 12.5. The van der Waals surface area contributed by atoms with E-state index in [2.05, 4.69) is 12.2 Å².